The second-order valence-electron chi connectivity index (χ2n) is 7.69. The van der Waals surface area contributed by atoms with Crippen molar-refractivity contribution < 1.29 is 22.8 Å². The highest BCUT2D eigenvalue weighted by Crippen LogP contribution is 2.36. The van der Waals surface area contributed by atoms with Crippen molar-refractivity contribution in [3.8, 4) is 0 Å². The zero-order valence-corrected chi connectivity index (χ0v) is 17.7. The summed E-state index contributed by atoms with van der Waals surface area (Å²) in [5, 5.41) is 5.23. The normalized spacial score (nSPS) is 24.6. The Balaban J connectivity index is 1.48. The van der Waals surface area contributed by atoms with Crippen LogP contribution in [0.15, 0.2) is 52.6 Å². The van der Waals surface area contributed by atoms with Crippen LogP contribution in [0.5, 0.6) is 0 Å². The van der Waals surface area contributed by atoms with Crippen molar-refractivity contribution in [2.75, 3.05) is 17.6 Å². The molecule has 1 aromatic rings. The molecule has 3 aliphatic rings. The lowest BCUT2D eigenvalue weighted by atomic mass is 9.72. The van der Waals surface area contributed by atoms with Gasteiger partial charge in [0.2, 0.25) is 11.8 Å². The summed E-state index contributed by atoms with van der Waals surface area (Å²) in [5.74, 6) is -0.702. The largest absolute Gasteiger partial charge is 0.330 e. The van der Waals surface area contributed by atoms with E-state index in [1.54, 1.807) is 35.4 Å². The van der Waals surface area contributed by atoms with E-state index in [9.17, 15) is 22.8 Å². The first kappa shape index (κ1) is 21.0. The number of hydrogen-bond acceptors (Lipinski definition) is 6. The van der Waals surface area contributed by atoms with Crippen molar-refractivity contribution in [1.82, 2.24) is 10.2 Å². The highest BCUT2D eigenvalue weighted by atomic mass is 32.2. The molecular weight excluding hydrogens is 420 g/mol. The van der Waals surface area contributed by atoms with E-state index < -0.39 is 15.4 Å². The Labute approximate surface area is 180 Å². The molecule has 0 saturated carbocycles. The van der Waals surface area contributed by atoms with Gasteiger partial charge in [0.15, 0.2) is 0 Å². The summed E-state index contributed by atoms with van der Waals surface area (Å²) in [6.07, 6.45) is 5.91. The van der Waals surface area contributed by atoms with E-state index in [0.29, 0.717) is 36.4 Å². The smallest absolute Gasteiger partial charge is 0.257 e. The molecule has 3 heterocycles. The third kappa shape index (κ3) is 4.02. The molecule has 0 spiro atoms. The first-order valence-electron chi connectivity index (χ1n) is 9.98. The SMILES string of the molecule is CCC1(c2ccc(NC(=O)C3=CN4CCS(=O)(=O)N=C4C=C3)cc2)CCC(=O)NC1=O. The second-order valence-corrected chi connectivity index (χ2v) is 9.45. The first-order valence-corrected chi connectivity index (χ1v) is 11.6. The van der Waals surface area contributed by atoms with E-state index in [-0.39, 0.29) is 30.0 Å². The van der Waals surface area contributed by atoms with Gasteiger partial charge >= 0.3 is 0 Å². The van der Waals surface area contributed by atoms with Crippen molar-refractivity contribution in [3.63, 3.8) is 0 Å². The van der Waals surface area contributed by atoms with Crippen molar-refractivity contribution in [2.24, 2.45) is 4.40 Å². The molecule has 0 aliphatic carbocycles. The molecule has 0 aromatic heterocycles. The number of rotatable bonds is 4. The van der Waals surface area contributed by atoms with Crippen LogP contribution >= 0.6 is 0 Å². The van der Waals surface area contributed by atoms with Crippen molar-refractivity contribution >= 4 is 39.3 Å². The molecule has 162 valence electrons. The van der Waals surface area contributed by atoms with Crippen LogP contribution in [0.3, 0.4) is 0 Å². The lowest BCUT2D eigenvalue weighted by Gasteiger charge is -2.35. The summed E-state index contributed by atoms with van der Waals surface area (Å²) in [6, 6.07) is 7.03. The third-order valence-corrected chi connectivity index (χ3v) is 7.02. The molecule has 1 saturated heterocycles. The molecule has 1 aromatic carbocycles. The van der Waals surface area contributed by atoms with Gasteiger partial charge in [0.25, 0.3) is 15.9 Å². The summed E-state index contributed by atoms with van der Waals surface area (Å²) >= 11 is 0. The summed E-state index contributed by atoms with van der Waals surface area (Å²) in [5.41, 5.74) is 0.972. The number of sulfonamides is 1. The minimum absolute atomic E-state index is 0.102. The molecule has 31 heavy (non-hydrogen) atoms. The highest BCUT2D eigenvalue weighted by molar-refractivity contribution is 7.90. The fraction of sp³-hybridized carbons (Fsp3) is 0.333. The van der Waals surface area contributed by atoms with Gasteiger partial charge < -0.3 is 10.2 Å². The fourth-order valence-electron chi connectivity index (χ4n) is 3.98. The number of imide groups is 1. The number of carbonyl (C=O) groups is 3. The predicted molar refractivity (Wildman–Crippen MR) is 115 cm³/mol. The number of fused-ring (bicyclic) bond motifs is 1. The maximum Gasteiger partial charge on any atom is 0.257 e. The average Bonchev–Trinajstić information content (AvgIpc) is 2.74. The molecule has 1 atom stereocenters. The number of amides is 3. The Bertz CT molecular complexity index is 1150. The molecule has 2 N–H and O–H groups in total. The van der Waals surface area contributed by atoms with E-state index in [2.05, 4.69) is 15.0 Å². The summed E-state index contributed by atoms with van der Waals surface area (Å²) in [4.78, 5) is 38.3. The van der Waals surface area contributed by atoms with E-state index in [1.807, 2.05) is 6.92 Å². The average molecular weight is 442 g/mol. The second kappa shape index (κ2) is 7.77. The van der Waals surface area contributed by atoms with Gasteiger partial charge in [-0.15, -0.1) is 4.40 Å². The summed E-state index contributed by atoms with van der Waals surface area (Å²) < 4.78 is 26.9. The number of anilines is 1. The number of piperidine rings is 1. The maximum atomic E-state index is 12.6. The number of amidine groups is 1. The Morgan fingerprint density at radius 2 is 1.97 bits per heavy atom. The molecule has 1 fully saturated rings. The molecule has 0 radical (unpaired) electrons. The number of benzene rings is 1. The van der Waals surface area contributed by atoms with Crippen LogP contribution in [-0.2, 0) is 29.8 Å². The van der Waals surface area contributed by atoms with Gasteiger partial charge in [-0.1, -0.05) is 19.1 Å². The van der Waals surface area contributed by atoms with Crippen molar-refractivity contribution in [1.29, 1.82) is 0 Å². The summed E-state index contributed by atoms with van der Waals surface area (Å²) in [6.45, 7) is 2.15. The van der Waals surface area contributed by atoms with Crippen molar-refractivity contribution in [3.05, 3.63) is 53.8 Å². The Morgan fingerprint density at radius 3 is 2.65 bits per heavy atom. The van der Waals surface area contributed by atoms with E-state index >= 15 is 0 Å². The fourth-order valence-corrected chi connectivity index (χ4v) is 4.95. The first-order chi connectivity index (χ1) is 14.7. The van der Waals surface area contributed by atoms with E-state index in [1.165, 1.54) is 12.2 Å². The van der Waals surface area contributed by atoms with Gasteiger partial charge in [-0.2, -0.15) is 0 Å². The Morgan fingerprint density at radius 1 is 1.23 bits per heavy atom. The van der Waals surface area contributed by atoms with Crippen LogP contribution < -0.4 is 10.6 Å². The van der Waals surface area contributed by atoms with E-state index in [4.69, 9.17) is 0 Å². The quantitative estimate of drug-likeness (QED) is 0.675. The third-order valence-electron chi connectivity index (χ3n) is 5.85. The standard InChI is InChI=1S/C21H22N4O5S/c1-2-21(10-9-18(26)23-20(21)28)15-4-6-16(7-5-15)22-19(27)14-3-8-17-24-31(29,30)12-11-25(17)13-14/h3-8,13H,2,9-12H2,1H3,(H,22,27)(H,23,26,28). The molecule has 0 bridgehead atoms. The van der Waals surface area contributed by atoms with Crippen LogP contribution in [0.4, 0.5) is 5.69 Å². The zero-order valence-electron chi connectivity index (χ0n) is 16.9. The summed E-state index contributed by atoms with van der Waals surface area (Å²) in [7, 11) is -3.45. The van der Waals surface area contributed by atoms with Crippen LogP contribution in [0.1, 0.15) is 31.7 Å². The number of nitrogens with zero attached hydrogens (tertiary/aromatic N) is 2. The van der Waals surface area contributed by atoms with Gasteiger partial charge in [-0.3, -0.25) is 19.7 Å². The van der Waals surface area contributed by atoms with Gasteiger partial charge in [-0.05, 0) is 42.7 Å². The lowest BCUT2D eigenvalue weighted by Crippen LogP contribution is -2.51. The number of hydrogen-bond donors (Lipinski definition) is 2. The molecule has 1 unspecified atom stereocenters. The van der Waals surface area contributed by atoms with Crippen LogP contribution in [0.2, 0.25) is 0 Å². The minimum atomic E-state index is -3.45. The predicted octanol–water partition coefficient (Wildman–Crippen LogP) is 1.21. The zero-order chi connectivity index (χ0) is 22.2. The maximum absolute atomic E-state index is 12.6. The number of nitrogens with one attached hydrogen (secondary N) is 2. The topological polar surface area (TPSA) is 125 Å². The van der Waals surface area contributed by atoms with Gasteiger partial charge in [0, 0.05) is 24.9 Å². The molecule has 4 rings (SSSR count). The Kier molecular flexibility index (Phi) is 5.26. The van der Waals surface area contributed by atoms with Crippen LogP contribution in [-0.4, -0.2) is 49.2 Å². The minimum Gasteiger partial charge on any atom is -0.330 e. The van der Waals surface area contributed by atoms with E-state index in [0.717, 1.165) is 5.56 Å². The molecule has 9 nitrogen and oxygen atoms in total. The molecular formula is C21H22N4O5S. The molecule has 3 amide bonds. The highest BCUT2D eigenvalue weighted by Gasteiger charge is 2.42. The van der Waals surface area contributed by atoms with Gasteiger partial charge in [-0.25, -0.2) is 8.42 Å². The van der Waals surface area contributed by atoms with Crippen molar-refractivity contribution in [2.45, 2.75) is 31.6 Å². The van der Waals surface area contributed by atoms with Gasteiger partial charge in [0.1, 0.15) is 5.84 Å². The molecule has 3 aliphatic heterocycles. The van der Waals surface area contributed by atoms with Crippen LogP contribution in [0.25, 0.3) is 0 Å². The van der Waals surface area contributed by atoms with Gasteiger partial charge in [0.05, 0.1) is 16.7 Å². The number of carbonyl (C=O) groups excluding carboxylic acids is 3. The van der Waals surface area contributed by atoms with Crippen LogP contribution in [0, 0.1) is 0 Å². The Hall–Kier alpha value is -3.27. The lowest BCUT2D eigenvalue weighted by molar-refractivity contribution is -0.138. The monoisotopic (exact) mass is 442 g/mol. The molecule has 10 heteroatoms.